The third-order valence-corrected chi connectivity index (χ3v) is 3.17. The van der Waals surface area contributed by atoms with Gasteiger partial charge in [0.25, 0.3) is 17.3 Å². The summed E-state index contributed by atoms with van der Waals surface area (Å²) in [5.41, 5.74) is 9.53. The highest BCUT2D eigenvalue weighted by Gasteiger charge is 2.26. The summed E-state index contributed by atoms with van der Waals surface area (Å²) in [6.07, 6.45) is 0.549. The van der Waals surface area contributed by atoms with Crippen molar-refractivity contribution in [1.29, 1.82) is 0 Å². The molecule has 2 rings (SSSR count). The molecule has 0 atom stereocenters. The third-order valence-electron chi connectivity index (χ3n) is 3.17. The number of carbonyl (C=O) groups is 3. The number of esters is 2. The lowest BCUT2D eigenvalue weighted by atomic mass is 10.2. The van der Waals surface area contributed by atoms with Crippen molar-refractivity contribution in [2.45, 2.75) is 19.4 Å². The number of nitrogens with two attached hydrogens (primary N) is 2. The molecule has 0 saturated heterocycles. The number of para-hydroxylation sites is 1. The molecule has 1 heterocycles. The summed E-state index contributed by atoms with van der Waals surface area (Å²) in [5, 5.41) is 14.5. The van der Waals surface area contributed by atoms with Crippen LogP contribution in [0.5, 0.6) is 5.75 Å². The van der Waals surface area contributed by atoms with Crippen molar-refractivity contribution in [2.24, 2.45) is 11.5 Å². The highest BCUT2D eigenvalue weighted by atomic mass is 35.5. The molecule has 12 heteroatoms. The zero-order valence-corrected chi connectivity index (χ0v) is 14.8. The lowest BCUT2D eigenvalue weighted by molar-refractivity contribution is -0.803. The Morgan fingerprint density at radius 3 is 2.63 bits per heavy atom. The maximum Gasteiger partial charge on any atom is 0.342 e. The average Bonchev–Trinajstić information content (AvgIpc) is 2.99. The van der Waals surface area contributed by atoms with Crippen LogP contribution in [0.3, 0.4) is 0 Å². The normalized spacial score (nSPS) is 9.96. The van der Waals surface area contributed by atoms with Crippen molar-refractivity contribution in [3.8, 4) is 5.75 Å². The van der Waals surface area contributed by atoms with Gasteiger partial charge in [-0.15, -0.1) is 12.4 Å². The van der Waals surface area contributed by atoms with Crippen molar-refractivity contribution in [3.05, 3.63) is 46.4 Å². The fourth-order valence-corrected chi connectivity index (χ4v) is 1.96. The van der Waals surface area contributed by atoms with Gasteiger partial charge in [0, 0.05) is 11.6 Å². The molecule has 27 heavy (non-hydrogen) atoms. The predicted octanol–water partition coefficient (Wildman–Crippen LogP) is -0.170. The second-order valence-electron chi connectivity index (χ2n) is 5.03. The Morgan fingerprint density at radius 1 is 1.26 bits per heavy atom. The number of rotatable bonds is 8. The van der Waals surface area contributed by atoms with Gasteiger partial charge in [-0.05, 0) is 30.0 Å². The number of halogens is 1. The van der Waals surface area contributed by atoms with Gasteiger partial charge in [0.1, 0.15) is 11.3 Å². The number of benzene rings is 1. The van der Waals surface area contributed by atoms with Crippen LogP contribution in [0, 0.1) is 5.21 Å². The predicted molar refractivity (Wildman–Crippen MR) is 90.7 cm³/mol. The SMILES string of the molecule is Cl.NCCCC(=O)Oc1ccccc1C(=O)OCc1no[n+]([O-])c1C(N)=O. The Hall–Kier alpha value is -3.18. The van der Waals surface area contributed by atoms with Gasteiger partial charge in [0.15, 0.2) is 6.61 Å². The molecule has 0 spiro atoms. The van der Waals surface area contributed by atoms with Crippen LogP contribution in [-0.4, -0.2) is 29.5 Å². The van der Waals surface area contributed by atoms with Crippen LogP contribution in [0.2, 0.25) is 0 Å². The van der Waals surface area contributed by atoms with Crippen molar-refractivity contribution in [2.75, 3.05) is 6.54 Å². The Kier molecular flexibility index (Phi) is 8.17. The first kappa shape index (κ1) is 21.9. The van der Waals surface area contributed by atoms with E-state index in [2.05, 4.69) is 9.79 Å². The molecule has 1 aromatic heterocycles. The number of carbonyl (C=O) groups excluding carboxylic acids is 3. The number of hydrogen-bond donors (Lipinski definition) is 2. The molecule has 146 valence electrons. The first-order valence-corrected chi connectivity index (χ1v) is 7.49. The molecular weight excluding hydrogens is 384 g/mol. The molecule has 0 aliphatic carbocycles. The molecule has 0 saturated carbocycles. The minimum Gasteiger partial charge on any atom is -0.453 e. The maximum absolute atomic E-state index is 12.2. The highest BCUT2D eigenvalue weighted by molar-refractivity contribution is 5.94. The van der Waals surface area contributed by atoms with Crippen LogP contribution in [0.15, 0.2) is 28.9 Å². The molecule has 0 radical (unpaired) electrons. The van der Waals surface area contributed by atoms with E-state index in [0.29, 0.717) is 13.0 Å². The zero-order valence-electron chi connectivity index (χ0n) is 14.0. The van der Waals surface area contributed by atoms with Crippen LogP contribution in [0.25, 0.3) is 0 Å². The van der Waals surface area contributed by atoms with Crippen LogP contribution >= 0.6 is 12.4 Å². The van der Waals surface area contributed by atoms with Crippen LogP contribution < -0.4 is 21.1 Å². The number of amides is 1. The number of aromatic nitrogens is 2. The fraction of sp³-hybridized carbons (Fsp3) is 0.267. The Morgan fingerprint density at radius 2 is 1.96 bits per heavy atom. The van der Waals surface area contributed by atoms with Crippen molar-refractivity contribution < 1.29 is 33.4 Å². The van der Waals surface area contributed by atoms with Crippen molar-refractivity contribution >= 4 is 30.3 Å². The van der Waals surface area contributed by atoms with E-state index in [1.165, 1.54) is 12.1 Å². The van der Waals surface area contributed by atoms with E-state index in [4.69, 9.17) is 20.9 Å². The maximum atomic E-state index is 12.2. The first-order valence-electron chi connectivity index (χ1n) is 7.49. The Bertz CT molecular complexity index is 824. The minimum absolute atomic E-state index is 0. The van der Waals surface area contributed by atoms with Gasteiger partial charge >= 0.3 is 11.9 Å². The zero-order chi connectivity index (χ0) is 19.1. The third kappa shape index (κ3) is 5.66. The lowest BCUT2D eigenvalue weighted by Gasteiger charge is -2.09. The summed E-state index contributed by atoms with van der Waals surface area (Å²) in [4.78, 5) is 34.9. The lowest BCUT2D eigenvalue weighted by Crippen LogP contribution is -2.35. The van der Waals surface area contributed by atoms with Crippen molar-refractivity contribution in [3.63, 3.8) is 0 Å². The first-order chi connectivity index (χ1) is 12.4. The monoisotopic (exact) mass is 400 g/mol. The molecule has 1 amide bonds. The van der Waals surface area contributed by atoms with Crippen LogP contribution in [0.4, 0.5) is 0 Å². The Labute approximate surface area is 159 Å². The summed E-state index contributed by atoms with van der Waals surface area (Å²) < 4.78 is 14.4. The molecule has 0 unspecified atom stereocenters. The van der Waals surface area contributed by atoms with E-state index in [0.717, 1.165) is 0 Å². The number of hydrogen-bond acceptors (Lipinski definition) is 9. The van der Waals surface area contributed by atoms with Gasteiger partial charge in [0.05, 0.1) is 0 Å². The van der Waals surface area contributed by atoms with Gasteiger partial charge in [-0.1, -0.05) is 12.1 Å². The van der Waals surface area contributed by atoms with E-state index in [1.807, 2.05) is 0 Å². The summed E-state index contributed by atoms with van der Waals surface area (Å²) in [6, 6.07) is 5.93. The van der Waals surface area contributed by atoms with Crippen LogP contribution in [0.1, 0.15) is 39.4 Å². The van der Waals surface area contributed by atoms with E-state index in [-0.39, 0.29) is 40.7 Å². The van der Waals surface area contributed by atoms with Gasteiger partial charge in [0.2, 0.25) is 0 Å². The molecule has 0 fully saturated rings. The van der Waals surface area contributed by atoms with Crippen LogP contribution in [-0.2, 0) is 16.1 Å². The minimum atomic E-state index is -1.08. The number of primary amides is 1. The largest absolute Gasteiger partial charge is 0.453 e. The smallest absolute Gasteiger partial charge is 0.342 e. The van der Waals surface area contributed by atoms with Crippen molar-refractivity contribution in [1.82, 2.24) is 5.16 Å². The average molecular weight is 401 g/mol. The van der Waals surface area contributed by atoms with E-state index < -0.39 is 30.1 Å². The molecule has 2 aromatic rings. The highest BCUT2D eigenvalue weighted by Crippen LogP contribution is 2.20. The standard InChI is InChI=1S/C15H16N4O7.ClH/c16-7-3-6-12(20)25-11-5-2-1-4-9(11)15(22)24-8-10-13(14(17)21)19(23)26-18-10;/h1-2,4-5H,3,6-8,16H2,(H2,17,21);1H. The molecule has 0 aliphatic heterocycles. The fourth-order valence-electron chi connectivity index (χ4n) is 1.96. The number of ether oxygens (including phenoxy) is 2. The van der Waals surface area contributed by atoms with E-state index in [9.17, 15) is 19.6 Å². The second-order valence-corrected chi connectivity index (χ2v) is 5.03. The van der Waals surface area contributed by atoms with E-state index >= 15 is 0 Å². The van der Waals surface area contributed by atoms with Gasteiger partial charge in [-0.25, -0.2) is 4.79 Å². The molecule has 1 aromatic carbocycles. The second kappa shape index (κ2) is 10.1. The summed E-state index contributed by atoms with van der Waals surface area (Å²) >= 11 is 0. The van der Waals surface area contributed by atoms with Gasteiger partial charge in [-0.2, -0.15) is 0 Å². The number of nitrogens with zero attached hydrogens (tertiary/aromatic N) is 2. The molecule has 4 N–H and O–H groups in total. The molecule has 0 aliphatic rings. The van der Waals surface area contributed by atoms with Gasteiger partial charge < -0.3 is 26.1 Å². The summed E-state index contributed by atoms with van der Waals surface area (Å²) in [6.45, 7) is -0.205. The molecule has 11 nitrogen and oxygen atoms in total. The molecule has 0 bridgehead atoms. The van der Waals surface area contributed by atoms with E-state index in [1.54, 1.807) is 12.1 Å². The summed E-state index contributed by atoms with van der Waals surface area (Å²) in [5.74, 6) is -2.48. The topological polar surface area (TPSA) is 175 Å². The van der Waals surface area contributed by atoms with Gasteiger partial charge in [-0.3, -0.25) is 14.2 Å². The summed E-state index contributed by atoms with van der Waals surface area (Å²) in [7, 11) is 0. The Balaban J connectivity index is 0.00000364. The molecular formula is C15H17ClN4O7. The quantitative estimate of drug-likeness (QED) is 0.346.